The summed E-state index contributed by atoms with van der Waals surface area (Å²) in [6.07, 6.45) is 2.19. The molecule has 0 spiro atoms. The van der Waals surface area contributed by atoms with E-state index in [1.807, 2.05) is 12.1 Å². The zero-order chi connectivity index (χ0) is 9.47. The van der Waals surface area contributed by atoms with Gasteiger partial charge in [-0.05, 0) is 29.9 Å². The SMILES string of the molecule is COc1ccc(C2(C)CC2)c(F)c1. The van der Waals surface area contributed by atoms with Crippen LogP contribution in [0.2, 0.25) is 0 Å². The highest BCUT2D eigenvalue weighted by Gasteiger charge is 2.40. The van der Waals surface area contributed by atoms with Gasteiger partial charge < -0.3 is 4.74 Å². The second-order valence-electron chi connectivity index (χ2n) is 3.91. The van der Waals surface area contributed by atoms with Crippen molar-refractivity contribution < 1.29 is 9.13 Å². The molecule has 70 valence electrons. The van der Waals surface area contributed by atoms with Crippen molar-refractivity contribution in [2.45, 2.75) is 25.2 Å². The van der Waals surface area contributed by atoms with Gasteiger partial charge in [0.15, 0.2) is 0 Å². The van der Waals surface area contributed by atoms with E-state index >= 15 is 0 Å². The summed E-state index contributed by atoms with van der Waals surface area (Å²) in [7, 11) is 1.55. The van der Waals surface area contributed by atoms with Gasteiger partial charge in [0.05, 0.1) is 7.11 Å². The molecule has 0 aromatic heterocycles. The Labute approximate surface area is 77.5 Å². The highest BCUT2D eigenvalue weighted by Crippen LogP contribution is 2.48. The van der Waals surface area contributed by atoms with Gasteiger partial charge in [-0.2, -0.15) is 0 Å². The van der Waals surface area contributed by atoms with Crippen LogP contribution in [0, 0.1) is 5.82 Å². The molecule has 0 N–H and O–H groups in total. The fraction of sp³-hybridized carbons (Fsp3) is 0.455. The van der Waals surface area contributed by atoms with Crippen LogP contribution in [0.15, 0.2) is 18.2 Å². The van der Waals surface area contributed by atoms with Crippen molar-refractivity contribution in [1.29, 1.82) is 0 Å². The van der Waals surface area contributed by atoms with E-state index in [0.717, 1.165) is 18.4 Å². The van der Waals surface area contributed by atoms with Crippen molar-refractivity contribution in [2.75, 3.05) is 7.11 Å². The first kappa shape index (κ1) is 8.54. The van der Waals surface area contributed by atoms with E-state index in [1.54, 1.807) is 7.11 Å². The van der Waals surface area contributed by atoms with Crippen LogP contribution in [0.3, 0.4) is 0 Å². The predicted octanol–water partition coefficient (Wildman–Crippen LogP) is 2.89. The van der Waals surface area contributed by atoms with E-state index in [-0.39, 0.29) is 11.2 Å². The lowest BCUT2D eigenvalue weighted by molar-refractivity contribution is 0.410. The normalized spacial score (nSPS) is 18.4. The Bertz CT molecular complexity index is 329. The molecule has 2 rings (SSSR count). The topological polar surface area (TPSA) is 9.23 Å². The standard InChI is InChI=1S/C11H13FO/c1-11(5-6-11)9-4-3-8(13-2)7-10(9)12/h3-4,7H,5-6H2,1-2H3. The van der Waals surface area contributed by atoms with Gasteiger partial charge in [0.2, 0.25) is 0 Å². The van der Waals surface area contributed by atoms with E-state index < -0.39 is 0 Å². The highest BCUT2D eigenvalue weighted by molar-refractivity contribution is 5.36. The maximum atomic E-state index is 13.5. The molecule has 2 heteroatoms. The molecular weight excluding hydrogens is 167 g/mol. The van der Waals surface area contributed by atoms with E-state index in [1.165, 1.54) is 6.07 Å². The smallest absolute Gasteiger partial charge is 0.130 e. The first-order valence-corrected chi connectivity index (χ1v) is 4.50. The molecule has 1 aliphatic rings. The molecule has 0 aliphatic heterocycles. The van der Waals surface area contributed by atoms with Gasteiger partial charge in [-0.1, -0.05) is 13.0 Å². The Morgan fingerprint density at radius 2 is 2.08 bits per heavy atom. The third kappa shape index (κ3) is 1.41. The average molecular weight is 180 g/mol. The fourth-order valence-electron chi connectivity index (χ4n) is 1.57. The summed E-state index contributed by atoms with van der Waals surface area (Å²) in [5, 5.41) is 0. The number of rotatable bonds is 2. The molecule has 1 aliphatic carbocycles. The van der Waals surface area contributed by atoms with Crippen molar-refractivity contribution in [3.05, 3.63) is 29.6 Å². The van der Waals surface area contributed by atoms with Gasteiger partial charge in [0, 0.05) is 6.07 Å². The lowest BCUT2D eigenvalue weighted by Gasteiger charge is -2.10. The second-order valence-corrected chi connectivity index (χ2v) is 3.91. The van der Waals surface area contributed by atoms with Crippen LogP contribution in [0.5, 0.6) is 5.75 Å². The summed E-state index contributed by atoms with van der Waals surface area (Å²) >= 11 is 0. The van der Waals surface area contributed by atoms with Crippen LogP contribution in [-0.2, 0) is 5.41 Å². The van der Waals surface area contributed by atoms with E-state index in [0.29, 0.717) is 5.75 Å². The van der Waals surface area contributed by atoms with Gasteiger partial charge in [0.1, 0.15) is 11.6 Å². The number of halogens is 1. The minimum Gasteiger partial charge on any atom is -0.497 e. The molecule has 0 atom stereocenters. The van der Waals surface area contributed by atoms with Crippen molar-refractivity contribution >= 4 is 0 Å². The van der Waals surface area contributed by atoms with Crippen molar-refractivity contribution in [1.82, 2.24) is 0 Å². The Hall–Kier alpha value is -1.05. The van der Waals surface area contributed by atoms with E-state index in [4.69, 9.17) is 4.74 Å². The third-order valence-electron chi connectivity index (χ3n) is 2.83. The van der Waals surface area contributed by atoms with Crippen LogP contribution in [0.4, 0.5) is 4.39 Å². The molecule has 0 heterocycles. The molecule has 1 saturated carbocycles. The van der Waals surface area contributed by atoms with Gasteiger partial charge in [-0.15, -0.1) is 0 Å². The molecule has 13 heavy (non-hydrogen) atoms. The monoisotopic (exact) mass is 180 g/mol. The maximum Gasteiger partial charge on any atom is 0.130 e. The molecule has 0 unspecified atom stereocenters. The molecular formula is C11H13FO. The lowest BCUT2D eigenvalue weighted by atomic mass is 9.98. The lowest BCUT2D eigenvalue weighted by Crippen LogP contribution is -2.03. The molecule has 0 radical (unpaired) electrons. The van der Waals surface area contributed by atoms with Crippen molar-refractivity contribution in [2.24, 2.45) is 0 Å². The predicted molar refractivity (Wildman–Crippen MR) is 49.5 cm³/mol. The molecule has 0 amide bonds. The largest absolute Gasteiger partial charge is 0.497 e. The van der Waals surface area contributed by atoms with Gasteiger partial charge >= 0.3 is 0 Å². The first-order chi connectivity index (χ1) is 6.15. The summed E-state index contributed by atoms with van der Waals surface area (Å²) in [4.78, 5) is 0. The zero-order valence-electron chi connectivity index (χ0n) is 7.93. The van der Waals surface area contributed by atoms with Gasteiger partial charge in [-0.3, -0.25) is 0 Å². The van der Waals surface area contributed by atoms with Crippen LogP contribution >= 0.6 is 0 Å². The average Bonchev–Trinajstić information content (AvgIpc) is 2.84. The Kier molecular flexibility index (Phi) is 1.79. The molecule has 1 fully saturated rings. The minimum atomic E-state index is -0.139. The Balaban J connectivity index is 2.38. The Morgan fingerprint density at radius 1 is 1.38 bits per heavy atom. The Morgan fingerprint density at radius 3 is 2.54 bits per heavy atom. The minimum absolute atomic E-state index is 0.0936. The van der Waals surface area contributed by atoms with Crippen molar-refractivity contribution in [3.8, 4) is 5.75 Å². The van der Waals surface area contributed by atoms with E-state index in [2.05, 4.69) is 6.92 Å². The van der Waals surface area contributed by atoms with Crippen molar-refractivity contribution in [3.63, 3.8) is 0 Å². The van der Waals surface area contributed by atoms with Crippen LogP contribution in [0.1, 0.15) is 25.3 Å². The summed E-state index contributed by atoms with van der Waals surface area (Å²) in [6.45, 7) is 2.10. The molecule has 1 nitrogen and oxygen atoms in total. The maximum absolute atomic E-state index is 13.5. The quantitative estimate of drug-likeness (QED) is 0.680. The molecule has 1 aromatic carbocycles. The number of hydrogen-bond acceptors (Lipinski definition) is 1. The summed E-state index contributed by atoms with van der Waals surface area (Å²) < 4.78 is 18.4. The number of benzene rings is 1. The second kappa shape index (κ2) is 2.72. The molecule has 0 saturated heterocycles. The number of ether oxygens (including phenoxy) is 1. The molecule has 0 bridgehead atoms. The van der Waals surface area contributed by atoms with Gasteiger partial charge in [-0.25, -0.2) is 4.39 Å². The zero-order valence-corrected chi connectivity index (χ0v) is 7.93. The summed E-state index contributed by atoms with van der Waals surface area (Å²) in [6, 6.07) is 5.11. The third-order valence-corrected chi connectivity index (χ3v) is 2.83. The molecule has 1 aromatic rings. The summed E-state index contributed by atoms with van der Waals surface area (Å²) in [5.74, 6) is 0.449. The van der Waals surface area contributed by atoms with Crippen LogP contribution < -0.4 is 4.74 Å². The van der Waals surface area contributed by atoms with Gasteiger partial charge in [0.25, 0.3) is 0 Å². The number of methoxy groups -OCH3 is 1. The fourth-order valence-corrected chi connectivity index (χ4v) is 1.57. The highest BCUT2D eigenvalue weighted by atomic mass is 19.1. The van der Waals surface area contributed by atoms with Crippen LogP contribution in [0.25, 0.3) is 0 Å². The number of hydrogen-bond donors (Lipinski definition) is 0. The first-order valence-electron chi connectivity index (χ1n) is 4.50. The summed E-state index contributed by atoms with van der Waals surface area (Å²) in [5.41, 5.74) is 0.921. The van der Waals surface area contributed by atoms with E-state index in [9.17, 15) is 4.39 Å². The van der Waals surface area contributed by atoms with Crippen LogP contribution in [-0.4, -0.2) is 7.11 Å².